The number of nitrogens with one attached hydrogen (secondary N) is 1. The first-order valence-corrected chi connectivity index (χ1v) is 10.5. The van der Waals surface area contributed by atoms with Gasteiger partial charge in [0.25, 0.3) is 5.91 Å². The van der Waals surface area contributed by atoms with Gasteiger partial charge in [0, 0.05) is 12.8 Å². The summed E-state index contributed by atoms with van der Waals surface area (Å²) in [5.41, 5.74) is 3.05. The standard InChI is InChI=1S/C24H27N3O5/c1-5-31-21-9-7-6-8-18(21)25-23(29)17(4)32-24(30)19-12-13-22(28)27(26-19)20-14-15(2)10-11-16(20)3/h6-11,14,17H,5,12-13H2,1-4H3,(H,25,29). The predicted octanol–water partition coefficient (Wildman–Crippen LogP) is 3.76. The van der Waals surface area contributed by atoms with Gasteiger partial charge in [-0.15, -0.1) is 0 Å². The SMILES string of the molecule is CCOc1ccccc1NC(=O)C(C)OC(=O)C1=NN(c2cc(C)ccc2C)C(=O)CC1. The van der Waals surface area contributed by atoms with Crippen molar-refractivity contribution in [2.75, 3.05) is 16.9 Å². The number of nitrogens with zero attached hydrogens (tertiary/aromatic N) is 2. The summed E-state index contributed by atoms with van der Waals surface area (Å²) in [5, 5.41) is 8.20. The summed E-state index contributed by atoms with van der Waals surface area (Å²) in [6, 6.07) is 12.7. The van der Waals surface area contributed by atoms with Crippen molar-refractivity contribution < 1.29 is 23.9 Å². The number of anilines is 2. The minimum absolute atomic E-state index is 0.0971. The molecule has 0 radical (unpaired) electrons. The molecule has 2 amide bonds. The van der Waals surface area contributed by atoms with Crippen LogP contribution in [0.4, 0.5) is 11.4 Å². The Morgan fingerprint density at radius 2 is 1.91 bits per heavy atom. The smallest absolute Gasteiger partial charge is 0.355 e. The van der Waals surface area contributed by atoms with Gasteiger partial charge in [-0.1, -0.05) is 24.3 Å². The molecule has 1 N–H and O–H groups in total. The minimum atomic E-state index is -1.06. The number of para-hydroxylation sites is 2. The minimum Gasteiger partial charge on any atom is -0.492 e. The third kappa shape index (κ3) is 5.32. The lowest BCUT2D eigenvalue weighted by Crippen LogP contribution is -2.38. The molecular formula is C24H27N3O5. The van der Waals surface area contributed by atoms with Crippen molar-refractivity contribution in [2.45, 2.75) is 46.6 Å². The summed E-state index contributed by atoms with van der Waals surface area (Å²) in [7, 11) is 0. The van der Waals surface area contributed by atoms with Gasteiger partial charge >= 0.3 is 5.97 Å². The second-order valence-electron chi connectivity index (χ2n) is 7.51. The van der Waals surface area contributed by atoms with Gasteiger partial charge in [0.1, 0.15) is 11.5 Å². The Bertz CT molecular complexity index is 1060. The van der Waals surface area contributed by atoms with Gasteiger partial charge in [0.05, 0.1) is 18.0 Å². The molecule has 1 aliphatic rings. The van der Waals surface area contributed by atoms with Crippen molar-refractivity contribution in [1.82, 2.24) is 0 Å². The van der Waals surface area contributed by atoms with Crippen LogP contribution in [0.3, 0.4) is 0 Å². The number of rotatable bonds is 7. The summed E-state index contributed by atoms with van der Waals surface area (Å²) in [6.07, 6.45) is -0.781. The van der Waals surface area contributed by atoms with E-state index in [1.807, 2.05) is 39.0 Å². The molecule has 1 aliphatic heterocycles. The molecular weight excluding hydrogens is 410 g/mol. The molecule has 1 unspecified atom stereocenters. The van der Waals surface area contributed by atoms with Crippen molar-refractivity contribution >= 4 is 34.9 Å². The molecule has 3 rings (SSSR count). The molecule has 1 atom stereocenters. The van der Waals surface area contributed by atoms with Gasteiger partial charge in [-0.2, -0.15) is 10.1 Å². The maximum absolute atomic E-state index is 12.7. The number of carbonyl (C=O) groups is 3. The van der Waals surface area contributed by atoms with Crippen LogP contribution < -0.4 is 15.1 Å². The Labute approximate surface area is 187 Å². The lowest BCUT2D eigenvalue weighted by molar-refractivity contribution is -0.146. The molecule has 0 fully saturated rings. The number of carbonyl (C=O) groups excluding carboxylic acids is 3. The zero-order valence-electron chi connectivity index (χ0n) is 18.7. The fourth-order valence-electron chi connectivity index (χ4n) is 3.20. The number of aryl methyl sites for hydroxylation is 2. The van der Waals surface area contributed by atoms with Crippen LogP contribution >= 0.6 is 0 Å². The number of hydrogen-bond acceptors (Lipinski definition) is 6. The van der Waals surface area contributed by atoms with E-state index in [1.165, 1.54) is 11.9 Å². The van der Waals surface area contributed by atoms with Crippen LogP contribution in [-0.2, 0) is 19.1 Å². The Morgan fingerprint density at radius 1 is 1.16 bits per heavy atom. The van der Waals surface area contributed by atoms with Gasteiger partial charge in [-0.25, -0.2) is 4.79 Å². The van der Waals surface area contributed by atoms with Gasteiger partial charge in [0.15, 0.2) is 6.10 Å². The monoisotopic (exact) mass is 437 g/mol. The summed E-state index contributed by atoms with van der Waals surface area (Å²) >= 11 is 0. The van der Waals surface area contributed by atoms with Crippen LogP contribution in [-0.4, -0.2) is 36.2 Å². The molecule has 8 nitrogen and oxygen atoms in total. The Hall–Kier alpha value is -3.68. The van der Waals surface area contributed by atoms with E-state index < -0.39 is 18.0 Å². The maximum atomic E-state index is 12.7. The van der Waals surface area contributed by atoms with Gasteiger partial charge in [-0.05, 0) is 57.0 Å². The van der Waals surface area contributed by atoms with Gasteiger partial charge in [0.2, 0.25) is 5.91 Å². The molecule has 168 valence electrons. The molecule has 2 aromatic carbocycles. The summed E-state index contributed by atoms with van der Waals surface area (Å²) in [4.78, 5) is 37.7. The van der Waals surface area contributed by atoms with Crippen LogP contribution in [0, 0.1) is 13.8 Å². The molecule has 8 heteroatoms. The molecule has 0 aromatic heterocycles. The van der Waals surface area contributed by atoms with Crippen LogP contribution in [0.25, 0.3) is 0 Å². The average molecular weight is 437 g/mol. The van der Waals surface area contributed by atoms with Crippen molar-refractivity contribution in [1.29, 1.82) is 0 Å². The zero-order valence-corrected chi connectivity index (χ0v) is 18.7. The Morgan fingerprint density at radius 3 is 2.66 bits per heavy atom. The second-order valence-corrected chi connectivity index (χ2v) is 7.51. The third-order valence-electron chi connectivity index (χ3n) is 4.96. The summed E-state index contributed by atoms with van der Waals surface area (Å²) in [5.74, 6) is -0.896. The van der Waals surface area contributed by atoms with E-state index in [4.69, 9.17) is 9.47 Å². The van der Waals surface area contributed by atoms with E-state index in [-0.39, 0.29) is 24.5 Å². The highest BCUT2D eigenvalue weighted by Gasteiger charge is 2.29. The first kappa shape index (κ1) is 23.0. The highest BCUT2D eigenvalue weighted by Crippen LogP contribution is 2.26. The lowest BCUT2D eigenvalue weighted by atomic mass is 10.1. The van der Waals surface area contributed by atoms with Crippen LogP contribution in [0.1, 0.15) is 37.8 Å². The lowest BCUT2D eigenvalue weighted by Gasteiger charge is -2.25. The van der Waals surface area contributed by atoms with E-state index in [1.54, 1.807) is 24.3 Å². The number of hydrogen-bond donors (Lipinski definition) is 1. The van der Waals surface area contributed by atoms with E-state index in [2.05, 4.69) is 10.4 Å². The topological polar surface area (TPSA) is 97.3 Å². The number of esters is 1. The summed E-state index contributed by atoms with van der Waals surface area (Å²) < 4.78 is 10.8. The molecule has 0 aliphatic carbocycles. The van der Waals surface area contributed by atoms with Gasteiger partial charge < -0.3 is 14.8 Å². The molecule has 0 saturated carbocycles. The number of hydrazone groups is 1. The van der Waals surface area contributed by atoms with Crippen LogP contribution in [0.5, 0.6) is 5.75 Å². The Balaban J connectivity index is 1.71. The largest absolute Gasteiger partial charge is 0.492 e. The quantitative estimate of drug-likeness (QED) is 0.666. The molecule has 32 heavy (non-hydrogen) atoms. The van der Waals surface area contributed by atoms with E-state index in [9.17, 15) is 14.4 Å². The van der Waals surface area contributed by atoms with Crippen molar-refractivity contribution in [3.63, 3.8) is 0 Å². The zero-order chi connectivity index (χ0) is 23.3. The number of amides is 2. The fraction of sp³-hybridized carbons (Fsp3) is 0.333. The van der Waals surface area contributed by atoms with Crippen LogP contribution in [0.2, 0.25) is 0 Å². The molecule has 0 saturated heterocycles. The maximum Gasteiger partial charge on any atom is 0.355 e. The third-order valence-corrected chi connectivity index (χ3v) is 4.96. The predicted molar refractivity (Wildman–Crippen MR) is 122 cm³/mol. The normalized spacial score (nSPS) is 14.4. The number of ether oxygens (including phenoxy) is 2. The summed E-state index contributed by atoms with van der Waals surface area (Å²) in [6.45, 7) is 7.57. The average Bonchev–Trinajstić information content (AvgIpc) is 2.77. The van der Waals surface area contributed by atoms with E-state index >= 15 is 0 Å². The Kier molecular flexibility index (Phi) is 7.25. The highest BCUT2D eigenvalue weighted by atomic mass is 16.5. The molecule has 0 spiro atoms. The molecule has 0 bridgehead atoms. The molecule has 1 heterocycles. The highest BCUT2D eigenvalue weighted by molar-refractivity contribution is 6.38. The first-order chi connectivity index (χ1) is 15.3. The van der Waals surface area contributed by atoms with Crippen molar-refractivity contribution in [3.8, 4) is 5.75 Å². The second kappa shape index (κ2) is 10.1. The number of benzene rings is 2. The van der Waals surface area contributed by atoms with Crippen molar-refractivity contribution in [2.24, 2.45) is 5.10 Å². The fourth-order valence-corrected chi connectivity index (χ4v) is 3.20. The van der Waals surface area contributed by atoms with E-state index in [0.717, 1.165) is 11.1 Å². The van der Waals surface area contributed by atoms with Crippen molar-refractivity contribution in [3.05, 3.63) is 53.6 Å². The van der Waals surface area contributed by atoms with E-state index in [0.29, 0.717) is 23.7 Å². The first-order valence-electron chi connectivity index (χ1n) is 10.5. The van der Waals surface area contributed by atoms with Crippen LogP contribution in [0.15, 0.2) is 47.6 Å². The van der Waals surface area contributed by atoms with Gasteiger partial charge in [-0.3, -0.25) is 9.59 Å². The molecule has 2 aromatic rings.